The minimum atomic E-state index is -0.861. The summed E-state index contributed by atoms with van der Waals surface area (Å²) in [5.74, 6) is 0.845. The molecule has 0 fully saturated rings. The van der Waals surface area contributed by atoms with Crippen molar-refractivity contribution in [1.82, 2.24) is 0 Å². The van der Waals surface area contributed by atoms with E-state index in [9.17, 15) is 14.7 Å². The molecule has 0 unspecified atom stereocenters. The average molecular weight is 382 g/mol. The van der Waals surface area contributed by atoms with Crippen molar-refractivity contribution in [2.45, 2.75) is 26.4 Å². The number of hydrogen-bond acceptors (Lipinski definition) is 5. The average Bonchev–Trinajstić information content (AvgIpc) is 3.00. The van der Waals surface area contributed by atoms with E-state index in [0.29, 0.717) is 29.2 Å². The van der Waals surface area contributed by atoms with Gasteiger partial charge in [0.2, 0.25) is 0 Å². The van der Waals surface area contributed by atoms with Crippen LogP contribution in [0.2, 0.25) is 0 Å². The van der Waals surface area contributed by atoms with E-state index >= 15 is 0 Å². The summed E-state index contributed by atoms with van der Waals surface area (Å²) in [5, 5.41) is 9.23. The molecule has 0 radical (unpaired) electrons. The summed E-state index contributed by atoms with van der Waals surface area (Å²) in [6.45, 7) is 2.21. The lowest BCUT2D eigenvalue weighted by molar-refractivity contribution is -0.135. The van der Waals surface area contributed by atoms with Crippen molar-refractivity contribution in [2.24, 2.45) is 0 Å². The first-order valence-corrected chi connectivity index (χ1v) is 8.82. The van der Waals surface area contributed by atoms with E-state index in [1.165, 1.54) is 7.11 Å². The van der Waals surface area contributed by atoms with Gasteiger partial charge in [-0.2, -0.15) is 0 Å². The second-order valence-electron chi connectivity index (χ2n) is 6.67. The lowest BCUT2D eigenvalue weighted by Gasteiger charge is -2.14. The summed E-state index contributed by atoms with van der Waals surface area (Å²) >= 11 is 0. The van der Waals surface area contributed by atoms with Crippen molar-refractivity contribution in [2.75, 3.05) is 14.2 Å². The Morgan fingerprint density at radius 2 is 1.75 bits per heavy atom. The Morgan fingerprint density at radius 1 is 1.07 bits per heavy atom. The van der Waals surface area contributed by atoms with Crippen molar-refractivity contribution in [3.63, 3.8) is 0 Å². The number of rotatable bonds is 8. The van der Waals surface area contributed by atoms with Crippen LogP contribution < -0.4 is 14.2 Å². The van der Waals surface area contributed by atoms with Gasteiger partial charge in [0.05, 0.1) is 20.6 Å². The number of hydrogen-bond donors (Lipinski definition) is 1. The maximum atomic E-state index is 11.3. The Hall–Kier alpha value is -3.28. The number of fused-ring (bicyclic) bond motifs is 1. The highest BCUT2D eigenvalue weighted by molar-refractivity contribution is 5.89. The van der Waals surface area contributed by atoms with Gasteiger partial charge in [0.15, 0.2) is 0 Å². The van der Waals surface area contributed by atoms with E-state index in [0.717, 1.165) is 34.1 Å². The molecule has 3 rings (SSSR count). The summed E-state index contributed by atoms with van der Waals surface area (Å²) in [6.07, 6.45) is 1.40. The van der Waals surface area contributed by atoms with Gasteiger partial charge in [-0.3, -0.25) is 9.59 Å². The van der Waals surface area contributed by atoms with Crippen LogP contribution in [0.15, 0.2) is 35.9 Å². The van der Waals surface area contributed by atoms with Gasteiger partial charge in [0, 0.05) is 11.6 Å². The predicted molar refractivity (Wildman–Crippen MR) is 104 cm³/mol. The van der Waals surface area contributed by atoms with Gasteiger partial charge in [-0.25, -0.2) is 0 Å². The summed E-state index contributed by atoms with van der Waals surface area (Å²) in [7, 11) is 3.11. The molecule has 0 saturated carbocycles. The maximum Gasteiger partial charge on any atom is 0.307 e. The van der Waals surface area contributed by atoms with Crippen molar-refractivity contribution in [3.05, 3.63) is 58.2 Å². The van der Waals surface area contributed by atoms with Gasteiger partial charge in [-0.1, -0.05) is 5.57 Å². The zero-order chi connectivity index (χ0) is 20.3. The Kier molecular flexibility index (Phi) is 5.68. The summed E-state index contributed by atoms with van der Waals surface area (Å²) < 4.78 is 16.5. The van der Waals surface area contributed by atoms with Gasteiger partial charge in [-0.15, -0.1) is 0 Å². The molecule has 0 aliphatic heterocycles. The molecule has 2 aromatic carbocycles. The fourth-order valence-electron chi connectivity index (χ4n) is 3.45. The van der Waals surface area contributed by atoms with E-state index in [-0.39, 0.29) is 13.0 Å². The van der Waals surface area contributed by atoms with Crippen LogP contribution in [0.5, 0.6) is 17.2 Å². The number of carboxylic acids is 1. The minimum absolute atomic E-state index is 0.0229. The molecule has 6 heteroatoms. The fraction of sp³-hybridized carbons (Fsp3) is 0.273. The highest BCUT2D eigenvalue weighted by Crippen LogP contribution is 2.39. The Morgan fingerprint density at radius 3 is 2.39 bits per heavy atom. The number of carboxylic acid groups (broad SMARTS) is 1. The molecule has 28 heavy (non-hydrogen) atoms. The first-order valence-electron chi connectivity index (χ1n) is 8.82. The molecule has 1 aliphatic carbocycles. The lowest BCUT2D eigenvalue weighted by atomic mass is 9.98. The third-order valence-corrected chi connectivity index (χ3v) is 4.83. The summed E-state index contributed by atoms with van der Waals surface area (Å²) in [4.78, 5) is 22.4. The van der Waals surface area contributed by atoms with Crippen LogP contribution in [0.1, 0.15) is 40.4 Å². The quantitative estimate of drug-likeness (QED) is 0.698. The third-order valence-electron chi connectivity index (χ3n) is 4.83. The molecule has 0 amide bonds. The minimum Gasteiger partial charge on any atom is -0.497 e. The molecule has 0 aromatic heterocycles. The normalized spacial score (nSPS) is 12.5. The van der Waals surface area contributed by atoms with Gasteiger partial charge in [-0.05, 0) is 59.9 Å². The smallest absolute Gasteiger partial charge is 0.307 e. The number of carbonyl (C=O) groups is 2. The Balaban J connectivity index is 1.91. The first kappa shape index (κ1) is 19.5. The molecule has 1 aliphatic rings. The second kappa shape index (κ2) is 8.17. The molecular formula is C22H22O6. The lowest BCUT2D eigenvalue weighted by Crippen LogP contribution is -2.03. The molecule has 0 spiro atoms. The zero-order valence-electron chi connectivity index (χ0n) is 16.1. The van der Waals surface area contributed by atoms with E-state index < -0.39 is 5.97 Å². The van der Waals surface area contributed by atoms with Crippen LogP contribution in [-0.4, -0.2) is 31.6 Å². The topological polar surface area (TPSA) is 82.1 Å². The standard InChI is InChI=1S/C22H22O6/c1-13-4-20-15(7-17(27-3)9-21(20)19(13)10-22(24)25)12-28-18-6-14(11-23)5-16(8-18)26-2/h5-9,11H,4,10,12H2,1-3H3,(H,24,25). The van der Waals surface area contributed by atoms with Crippen molar-refractivity contribution >= 4 is 17.8 Å². The molecule has 1 N–H and O–H groups in total. The molecule has 2 aromatic rings. The molecule has 0 atom stereocenters. The van der Waals surface area contributed by atoms with Crippen molar-refractivity contribution in [1.29, 1.82) is 0 Å². The van der Waals surface area contributed by atoms with E-state index in [4.69, 9.17) is 14.2 Å². The highest BCUT2D eigenvalue weighted by atomic mass is 16.5. The molecule has 0 saturated heterocycles. The molecule has 0 heterocycles. The van der Waals surface area contributed by atoms with Crippen LogP contribution in [0.4, 0.5) is 0 Å². The maximum absolute atomic E-state index is 11.3. The monoisotopic (exact) mass is 382 g/mol. The summed E-state index contributed by atoms with van der Waals surface area (Å²) in [6, 6.07) is 8.77. The second-order valence-corrected chi connectivity index (χ2v) is 6.67. The van der Waals surface area contributed by atoms with Gasteiger partial charge in [0.25, 0.3) is 0 Å². The number of aliphatic carboxylic acids is 1. The number of aldehydes is 1. The van der Waals surface area contributed by atoms with Crippen LogP contribution in [0, 0.1) is 0 Å². The highest BCUT2D eigenvalue weighted by Gasteiger charge is 2.24. The van der Waals surface area contributed by atoms with Gasteiger partial charge < -0.3 is 19.3 Å². The number of carbonyl (C=O) groups excluding carboxylic acids is 1. The largest absolute Gasteiger partial charge is 0.497 e. The number of ether oxygens (including phenoxy) is 3. The molecular weight excluding hydrogens is 360 g/mol. The Labute approximate surface area is 163 Å². The van der Waals surface area contributed by atoms with Crippen molar-refractivity contribution < 1.29 is 28.9 Å². The summed E-state index contributed by atoms with van der Waals surface area (Å²) in [5.41, 5.74) is 5.20. The fourth-order valence-corrected chi connectivity index (χ4v) is 3.45. The SMILES string of the molecule is COc1cc(C=O)cc(OCc2cc(OC)cc3c2CC(C)=C3CC(=O)O)c1. The Bertz CT molecular complexity index is 958. The number of methoxy groups -OCH3 is 2. The first-order chi connectivity index (χ1) is 13.4. The zero-order valence-corrected chi connectivity index (χ0v) is 16.1. The third kappa shape index (κ3) is 4.01. The van der Waals surface area contributed by atoms with Crippen LogP contribution in [-0.2, 0) is 17.8 Å². The van der Waals surface area contributed by atoms with Crippen LogP contribution >= 0.6 is 0 Å². The van der Waals surface area contributed by atoms with Crippen LogP contribution in [0.25, 0.3) is 5.57 Å². The number of benzene rings is 2. The van der Waals surface area contributed by atoms with E-state index in [1.807, 2.05) is 19.1 Å². The predicted octanol–water partition coefficient (Wildman–Crippen LogP) is 3.90. The molecule has 0 bridgehead atoms. The van der Waals surface area contributed by atoms with E-state index in [1.54, 1.807) is 25.3 Å². The number of allylic oxidation sites excluding steroid dienone is 1. The van der Waals surface area contributed by atoms with Crippen molar-refractivity contribution in [3.8, 4) is 17.2 Å². The molecule has 6 nitrogen and oxygen atoms in total. The molecule has 146 valence electrons. The van der Waals surface area contributed by atoms with E-state index in [2.05, 4.69) is 0 Å². The van der Waals surface area contributed by atoms with Crippen LogP contribution in [0.3, 0.4) is 0 Å². The van der Waals surface area contributed by atoms with Gasteiger partial charge >= 0.3 is 5.97 Å². The van der Waals surface area contributed by atoms with Gasteiger partial charge in [0.1, 0.15) is 30.1 Å².